The van der Waals surface area contributed by atoms with Gasteiger partial charge in [0, 0.05) is 18.0 Å². The molecule has 0 aliphatic carbocycles. The maximum Gasteiger partial charge on any atom is 0.241 e. The number of likely N-dealkylation sites (tertiary alicyclic amines) is 1. The monoisotopic (exact) mass is 346 g/mol. The van der Waals surface area contributed by atoms with Gasteiger partial charge in [-0.2, -0.15) is 0 Å². The second-order valence-electron chi connectivity index (χ2n) is 4.70. The van der Waals surface area contributed by atoms with Crippen LogP contribution >= 0.6 is 35.0 Å². The molecule has 1 aliphatic heterocycles. The molecule has 1 saturated heterocycles. The highest BCUT2D eigenvalue weighted by atomic mass is 35.5. The van der Waals surface area contributed by atoms with Gasteiger partial charge in [-0.15, -0.1) is 11.8 Å². The van der Waals surface area contributed by atoms with Crippen LogP contribution in [0.4, 0.5) is 0 Å². The predicted octanol–water partition coefficient (Wildman–Crippen LogP) is 2.82. The number of amides is 2. The summed E-state index contributed by atoms with van der Waals surface area (Å²) in [4.78, 5) is 26.0. The van der Waals surface area contributed by atoms with Crippen molar-refractivity contribution in [2.24, 2.45) is 0 Å². The molecule has 1 N–H and O–H groups in total. The van der Waals surface area contributed by atoms with Crippen LogP contribution in [0.1, 0.15) is 12.8 Å². The van der Waals surface area contributed by atoms with Crippen molar-refractivity contribution in [1.82, 2.24) is 10.2 Å². The maximum absolute atomic E-state index is 11.8. The Morgan fingerprint density at radius 3 is 2.43 bits per heavy atom. The number of carbonyl (C=O) groups is 2. The third-order valence-corrected chi connectivity index (χ3v) is 5.15. The fourth-order valence-corrected chi connectivity index (χ4v) is 3.58. The van der Waals surface area contributed by atoms with Crippen molar-refractivity contribution in [1.29, 1.82) is 0 Å². The average molecular weight is 347 g/mol. The Bertz CT molecular complexity index is 513. The van der Waals surface area contributed by atoms with Crippen molar-refractivity contribution >= 4 is 46.8 Å². The van der Waals surface area contributed by atoms with Gasteiger partial charge < -0.3 is 10.2 Å². The number of halogens is 2. The summed E-state index contributed by atoms with van der Waals surface area (Å²) in [6.45, 7) is 1.63. The second-order valence-corrected chi connectivity index (χ2v) is 6.50. The molecule has 0 atom stereocenters. The molecule has 0 aromatic heterocycles. The number of hydrogen-bond acceptors (Lipinski definition) is 3. The van der Waals surface area contributed by atoms with E-state index in [4.69, 9.17) is 23.2 Å². The fourth-order valence-electron chi connectivity index (χ4n) is 2.06. The fraction of sp³-hybridized carbons (Fsp3) is 0.429. The van der Waals surface area contributed by atoms with Crippen molar-refractivity contribution in [2.75, 3.05) is 25.4 Å². The van der Waals surface area contributed by atoms with E-state index in [9.17, 15) is 9.59 Å². The van der Waals surface area contributed by atoms with Crippen molar-refractivity contribution in [3.63, 3.8) is 0 Å². The molecule has 1 aromatic rings. The zero-order valence-corrected chi connectivity index (χ0v) is 13.7. The van der Waals surface area contributed by atoms with E-state index < -0.39 is 0 Å². The van der Waals surface area contributed by atoms with Crippen LogP contribution in [0.5, 0.6) is 0 Å². The topological polar surface area (TPSA) is 49.4 Å². The van der Waals surface area contributed by atoms with Crippen LogP contribution in [0.2, 0.25) is 10.0 Å². The molecule has 1 fully saturated rings. The smallest absolute Gasteiger partial charge is 0.241 e. The summed E-state index contributed by atoms with van der Waals surface area (Å²) in [7, 11) is 0. The lowest BCUT2D eigenvalue weighted by molar-refractivity contribution is -0.131. The average Bonchev–Trinajstić information content (AvgIpc) is 2.98. The predicted molar refractivity (Wildman–Crippen MR) is 86.0 cm³/mol. The Morgan fingerprint density at radius 1 is 1.19 bits per heavy atom. The number of nitrogens with one attached hydrogen (secondary N) is 1. The molecule has 1 aromatic carbocycles. The van der Waals surface area contributed by atoms with Crippen LogP contribution in [-0.2, 0) is 9.59 Å². The summed E-state index contributed by atoms with van der Waals surface area (Å²) in [6, 6.07) is 5.21. The SMILES string of the molecule is O=C(CSc1c(Cl)cccc1Cl)NCC(=O)N1CCCC1. The van der Waals surface area contributed by atoms with Crippen LogP contribution in [0, 0.1) is 0 Å². The van der Waals surface area contributed by atoms with Crippen molar-refractivity contribution in [2.45, 2.75) is 17.7 Å². The lowest BCUT2D eigenvalue weighted by Crippen LogP contribution is -2.39. The van der Waals surface area contributed by atoms with Gasteiger partial charge in [0.2, 0.25) is 11.8 Å². The van der Waals surface area contributed by atoms with Crippen LogP contribution in [0.25, 0.3) is 0 Å². The van der Waals surface area contributed by atoms with Crippen molar-refractivity contribution in [3.8, 4) is 0 Å². The zero-order valence-electron chi connectivity index (χ0n) is 11.4. The summed E-state index contributed by atoms with van der Waals surface area (Å²) in [6.07, 6.45) is 2.08. The Morgan fingerprint density at radius 2 is 1.81 bits per heavy atom. The molecule has 0 saturated carbocycles. The highest BCUT2D eigenvalue weighted by Gasteiger charge is 2.18. The number of benzene rings is 1. The minimum Gasteiger partial charge on any atom is -0.346 e. The van der Waals surface area contributed by atoms with E-state index in [1.165, 1.54) is 11.8 Å². The van der Waals surface area contributed by atoms with Gasteiger partial charge in [-0.05, 0) is 25.0 Å². The Hall–Kier alpha value is -0.910. The minimum absolute atomic E-state index is 0.0263. The van der Waals surface area contributed by atoms with E-state index in [1.807, 2.05) is 0 Å². The minimum atomic E-state index is -0.205. The Balaban J connectivity index is 1.76. The molecule has 0 bridgehead atoms. The van der Waals surface area contributed by atoms with Gasteiger partial charge in [-0.25, -0.2) is 0 Å². The normalized spacial score (nSPS) is 14.3. The Kier molecular flexibility index (Phi) is 6.21. The first kappa shape index (κ1) is 16.5. The molecule has 114 valence electrons. The van der Waals surface area contributed by atoms with Gasteiger partial charge in [-0.3, -0.25) is 9.59 Å². The summed E-state index contributed by atoms with van der Waals surface area (Å²) < 4.78 is 0. The number of carbonyl (C=O) groups excluding carboxylic acids is 2. The lowest BCUT2D eigenvalue weighted by Gasteiger charge is -2.15. The van der Waals surface area contributed by atoms with E-state index in [-0.39, 0.29) is 24.1 Å². The highest BCUT2D eigenvalue weighted by Crippen LogP contribution is 2.33. The molecule has 2 amide bonds. The zero-order chi connectivity index (χ0) is 15.2. The summed E-state index contributed by atoms with van der Waals surface area (Å²) in [5.41, 5.74) is 0. The third-order valence-electron chi connectivity index (χ3n) is 3.16. The molecule has 7 heteroatoms. The van der Waals surface area contributed by atoms with Crippen molar-refractivity contribution in [3.05, 3.63) is 28.2 Å². The van der Waals surface area contributed by atoms with Gasteiger partial charge in [-0.1, -0.05) is 29.3 Å². The highest BCUT2D eigenvalue weighted by molar-refractivity contribution is 8.00. The van der Waals surface area contributed by atoms with E-state index in [0.29, 0.717) is 14.9 Å². The summed E-state index contributed by atoms with van der Waals surface area (Å²) in [5, 5.41) is 3.67. The lowest BCUT2D eigenvalue weighted by atomic mass is 10.4. The first-order valence-corrected chi connectivity index (χ1v) is 8.43. The number of nitrogens with zero attached hydrogens (tertiary/aromatic N) is 1. The first-order valence-electron chi connectivity index (χ1n) is 6.69. The molecular weight excluding hydrogens is 331 g/mol. The molecule has 1 heterocycles. The molecule has 21 heavy (non-hydrogen) atoms. The molecule has 1 aliphatic rings. The molecular formula is C14H16Cl2N2O2S. The molecule has 4 nitrogen and oxygen atoms in total. The number of rotatable bonds is 5. The van der Waals surface area contributed by atoms with Gasteiger partial charge in [0.15, 0.2) is 0 Å². The molecule has 0 spiro atoms. The quantitative estimate of drug-likeness (QED) is 0.834. The van der Waals surface area contributed by atoms with E-state index in [1.54, 1.807) is 23.1 Å². The van der Waals surface area contributed by atoms with Crippen LogP contribution in [0.15, 0.2) is 23.1 Å². The maximum atomic E-state index is 11.8. The number of thioether (sulfide) groups is 1. The molecule has 0 unspecified atom stereocenters. The first-order chi connectivity index (χ1) is 10.1. The molecule has 0 radical (unpaired) electrons. The van der Waals surface area contributed by atoms with E-state index in [0.717, 1.165) is 25.9 Å². The number of hydrogen-bond donors (Lipinski definition) is 1. The standard InChI is InChI=1S/C14H16Cl2N2O2S/c15-10-4-3-5-11(16)14(10)21-9-12(19)17-8-13(20)18-6-1-2-7-18/h3-5H,1-2,6-9H2,(H,17,19). The van der Waals surface area contributed by atoms with Gasteiger partial charge >= 0.3 is 0 Å². The van der Waals surface area contributed by atoms with Crippen molar-refractivity contribution < 1.29 is 9.59 Å². The second kappa shape index (κ2) is 7.92. The van der Waals surface area contributed by atoms with Crippen LogP contribution in [-0.4, -0.2) is 42.1 Å². The third kappa shape index (κ3) is 4.80. The van der Waals surface area contributed by atoms with E-state index >= 15 is 0 Å². The van der Waals surface area contributed by atoms with Gasteiger partial charge in [0.1, 0.15) is 0 Å². The Labute approximate surface area is 138 Å². The molecule has 2 rings (SSSR count). The van der Waals surface area contributed by atoms with E-state index in [2.05, 4.69) is 5.32 Å². The summed E-state index contributed by atoms with van der Waals surface area (Å²) >= 11 is 13.3. The largest absolute Gasteiger partial charge is 0.346 e. The summed E-state index contributed by atoms with van der Waals surface area (Å²) in [5.74, 6) is -0.0540. The van der Waals surface area contributed by atoms with Gasteiger partial charge in [0.05, 0.1) is 22.3 Å². The van der Waals surface area contributed by atoms with Gasteiger partial charge in [0.25, 0.3) is 0 Å². The van der Waals surface area contributed by atoms with Crippen LogP contribution in [0.3, 0.4) is 0 Å². The van der Waals surface area contributed by atoms with Crippen LogP contribution < -0.4 is 5.32 Å².